The van der Waals surface area contributed by atoms with Crippen LogP contribution >= 0.6 is 0 Å². The highest BCUT2D eigenvalue weighted by molar-refractivity contribution is 5.52. The summed E-state index contributed by atoms with van der Waals surface area (Å²) in [5.74, 6) is -4.46. The van der Waals surface area contributed by atoms with E-state index in [4.69, 9.17) is 5.73 Å². The molecule has 1 unspecified atom stereocenters. The minimum Gasteiger partial charge on any atom is -0.405 e. The molecule has 0 aliphatic rings. The third-order valence-electron chi connectivity index (χ3n) is 2.24. The van der Waals surface area contributed by atoms with Gasteiger partial charge in [0, 0.05) is 17.7 Å². The van der Waals surface area contributed by atoms with Crippen LogP contribution in [0.1, 0.15) is 18.5 Å². The van der Waals surface area contributed by atoms with Crippen LogP contribution in [0.15, 0.2) is 12.1 Å². The van der Waals surface area contributed by atoms with Gasteiger partial charge in [0.05, 0.1) is 0 Å². The normalized spacial score (nSPS) is 14.3. The van der Waals surface area contributed by atoms with Crippen LogP contribution in [0.2, 0.25) is 0 Å². The highest BCUT2D eigenvalue weighted by Crippen LogP contribution is 2.43. The molecule has 0 aliphatic carbocycles. The molecule has 2 N–H and O–H groups in total. The average Bonchev–Trinajstić information content (AvgIpc) is 2.26. The second-order valence-electron chi connectivity index (χ2n) is 4.27. The van der Waals surface area contributed by atoms with Crippen molar-refractivity contribution in [1.29, 1.82) is 0 Å². The first-order chi connectivity index (χ1) is 10.6. The summed E-state index contributed by atoms with van der Waals surface area (Å²) in [5, 5.41) is 0. The molecular formula is C11H8F9NO3. The van der Waals surface area contributed by atoms with Crippen LogP contribution in [-0.2, 0) is 0 Å². The molecule has 1 aromatic carbocycles. The van der Waals surface area contributed by atoms with Gasteiger partial charge >= 0.3 is 19.1 Å². The van der Waals surface area contributed by atoms with Gasteiger partial charge in [0.1, 0.15) is 5.75 Å². The lowest BCUT2D eigenvalue weighted by atomic mass is 10.1. The van der Waals surface area contributed by atoms with Crippen LogP contribution < -0.4 is 19.9 Å². The molecule has 0 heterocycles. The molecule has 0 radical (unpaired) electrons. The summed E-state index contributed by atoms with van der Waals surface area (Å²) in [6.07, 6.45) is -16.2. The number of alkyl halides is 9. The van der Waals surface area contributed by atoms with E-state index in [1.165, 1.54) is 0 Å². The van der Waals surface area contributed by atoms with Gasteiger partial charge in [-0.1, -0.05) is 0 Å². The highest BCUT2D eigenvalue weighted by atomic mass is 19.4. The summed E-state index contributed by atoms with van der Waals surface area (Å²) in [6.45, 7) is 1.07. The van der Waals surface area contributed by atoms with Gasteiger partial charge in [-0.15, -0.1) is 39.5 Å². The van der Waals surface area contributed by atoms with Crippen molar-refractivity contribution >= 4 is 0 Å². The molecule has 0 amide bonds. The first-order valence-electron chi connectivity index (χ1n) is 5.78. The Morgan fingerprint density at radius 2 is 1.04 bits per heavy atom. The van der Waals surface area contributed by atoms with E-state index in [2.05, 4.69) is 14.2 Å². The fourth-order valence-electron chi connectivity index (χ4n) is 1.53. The first kappa shape index (κ1) is 20.0. The molecule has 0 aliphatic heterocycles. The van der Waals surface area contributed by atoms with Crippen molar-refractivity contribution in [3.8, 4) is 17.2 Å². The number of hydrogen-bond donors (Lipinski definition) is 1. The van der Waals surface area contributed by atoms with Crippen molar-refractivity contribution in [1.82, 2.24) is 0 Å². The van der Waals surface area contributed by atoms with Crippen molar-refractivity contribution < 1.29 is 53.7 Å². The van der Waals surface area contributed by atoms with E-state index < -0.39 is 47.9 Å². The number of hydrogen-bond acceptors (Lipinski definition) is 4. The number of ether oxygens (including phenoxy) is 3. The highest BCUT2D eigenvalue weighted by Gasteiger charge is 2.39. The largest absolute Gasteiger partial charge is 0.573 e. The Balaban J connectivity index is 3.48. The zero-order valence-corrected chi connectivity index (χ0v) is 11.4. The monoisotopic (exact) mass is 373 g/mol. The summed E-state index contributed by atoms with van der Waals surface area (Å²) in [5.41, 5.74) is 4.62. The fourth-order valence-corrected chi connectivity index (χ4v) is 1.53. The quantitative estimate of drug-likeness (QED) is 0.795. The van der Waals surface area contributed by atoms with E-state index in [1.807, 2.05) is 0 Å². The van der Waals surface area contributed by atoms with Crippen LogP contribution in [0.5, 0.6) is 17.2 Å². The van der Waals surface area contributed by atoms with Crippen LogP contribution in [0, 0.1) is 0 Å². The van der Waals surface area contributed by atoms with Crippen LogP contribution in [0.3, 0.4) is 0 Å². The van der Waals surface area contributed by atoms with Gasteiger partial charge in [0.2, 0.25) is 0 Å². The van der Waals surface area contributed by atoms with Crippen molar-refractivity contribution in [2.75, 3.05) is 0 Å². The third-order valence-corrected chi connectivity index (χ3v) is 2.24. The lowest BCUT2D eigenvalue weighted by Crippen LogP contribution is -2.23. The first-order valence-corrected chi connectivity index (χ1v) is 5.78. The van der Waals surface area contributed by atoms with Crippen LogP contribution in [-0.4, -0.2) is 19.1 Å². The number of benzene rings is 1. The molecule has 0 bridgehead atoms. The summed E-state index contributed by atoms with van der Waals surface area (Å²) in [6, 6.07) is -1.14. The van der Waals surface area contributed by atoms with Crippen molar-refractivity contribution in [3.05, 3.63) is 17.7 Å². The average molecular weight is 373 g/mol. The molecule has 1 aromatic rings. The summed E-state index contributed by atoms with van der Waals surface area (Å²) < 4.78 is 120. The fraction of sp³-hybridized carbons (Fsp3) is 0.455. The Hall–Kier alpha value is -2.05. The molecule has 138 valence electrons. The van der Waals surface area contributed by atoms with Gasteiger partial charge < -0.3 is 19.9 Å². The van der Waals surface area contributed by atoms with Crippen molar-refractivity contribution in [2.45, 2.75) is 32.1 Å². The molecule has 4 nitrogen and oxygen atoms in total. The lowest BCUT2D eigenvalue weighted by Gasteiger charge is -2.21. The SMILES string of the molecule is CC(N)c1cc(OC(F)(F)F)c(OC(F)(F)F)cc1OC(F)(F)F. The number of nitrogens with two attached hydrogens (primary N) is 1. The van der Waals surface area contributed by atoms with Gasteiger partial charge in [0.25, 0.3) is 0 Å². The Labute approximate surface area is 127 Å². The summed E-state index contributed by atoms with van der Waals surface area (Å²) in [7, 11) is 0. The maximum atomic E-state index is 12.3. The van der Waals surface area contributed by atoms with Crippen molar-refractivity contribution in [3.63, 3.8) is 0 Å². The zero-order valence-electron chi connectivity index (χ0n) is 11.4. The molecule has 0 spiro atoms. The second kappa shape index (κ2) is 6.45. The Kier molecular flexibility index (Phi) is 5.38. The molecule has 0 fully saturated rings. The predicted octanol–water partition coefficient (Wildman–Crippen LogP) is 4.40. The summed E-state index contributed by atoms with van der Waals surface area (Å²) >= 11 is 0. The lowest BCUT2D eigenvalue weighted by molar-refractivity contribution is -0.288. The molecule has 1 atom stereocenters. The Morgan fingerprint density at radius 3 is 1.38 bits per heavy atom. The number of halogens is 9. The third kappa shape index (κ3) is 6.60. The topological polar surface area (TPSA) is 53.7 Å². The molecule has 1 rings (SSSR count). The minimum absolute atomic E-state index is 0.0409. The van der Waals surface area contributed by atoms with Crippen molar-refractivity contribution in [2.24, 2.45) is 5.73 Å². The minimum atomic E-state index is -5.49. The van der Waals surface area contributed by atoms with Crippen LogP contribution in [0.25, 0.3) is 0 Å². The van der Waals surface area contributed by atoms with Gasteiger partial charge in [-0.25, -0.2) is 0 Å². The number of rotatable bonds is 4. The molecule has 0 saturated heterocycles. The van der Waals surface area contributed by atoms with E-state index in [1.54, 1.807) is 0 Å². The van der Waals surface area contributed by atoms with Gasteiger partial charge in [0.15, 0.2) is 11.5 Å². The van der Waals surface area contributed by atoms with Crippen LogP contribution in [0.4, 0.5) is 39.5 Å². The predicted molar refractivity (Wildman–Crippen MR) is 59.1 cm³/mol. The van der Waals surface area contributed by atoms with E-state index in [9.17, 15) is 39.5 Å². The van der Waals surface area contributed by atoms with Gasteiger partial charge in [-0.3, -0.25) is 0 Å². The van der Waals surface area contributed by atoms with Gasteiger partial charge in [-0.05, 0) is 13.0 Å². The molecular weight excluding hydrogens is 365 g/mol. The van der Waals surface area contributed by atoms with E-state index in [-0.39, 0.29) is 12.1 Å². The zero-order chi connectivity index (χ0) is 18.9. The van der Waals surface area contributed by atoms with E-state index >= 15 is 0 Å². The Morgan fingerprint density at radius 1 is 0.708 bits per heavy atom. The maximum absolute atomic E-state index is 12.3. The Bertz CT molecular complexity index is 578. The molecule has 24 heavy (non-hydrogen) atoms. The van der Waals surface area contributed by atoms with E-state index in [0.717, 1.165) is 6.92 Å². The molecule has 0 aromatic heterocycles. The maximum Gasteiger partial charge on any atom is 0.573 e. The molecule has 13 heteroatoms. The molecule has 0 saturated carbocycles. The van der Waals surface area contributed by atoms with Gasteiger partial charge in [-0.2, -0.15) is 0 Å². The standard InChI is InChI=1S/C11H8F9NO3/c1-4(21)5-2-7(23-10(15,16)17)8(24-11(18,19)20)3-6(5)22-9(12,13)14/h2-4H,21H2,1H3. The van der Waals surface area contributed by atoms with E-state index in [0.29, 0.717) is 0 Å². The second-order valence-corrected chi connectivity index (χ2v) is 4.27. The summed E-state index contributed by atoms with van der Waals surface area (Å²) in [4.78, 5) is 0. The smallest absolute Gasteiger partial charge is 0.405 e.